The molecule has 0 N–H and O–H groups in total. The van der Waals surface area contributed by atoms with E-state index in [2.05, 4.69) is 418 Å². The monoisotopic (exact) mass is 1890 g/mol. The summed E-state index contributed by atoms with van der Waals surface area (Å²) in [6, 6.07) is 135. The number of nitrogens with zero attached hydrogens (tertiary/aromatic N) is 1. The third-order valence-electron chi connectivity index (χ3n) is 39.2. The van der Waals surface area contributed by atoms with Gasteiger partial charge >= 0.3 is 0 Å². The zero-order valence-electron chi connectivity index (χ0n) is 83.4. The van der Waals surface area contributed by atoms with Crippen molar-refractivity contribution in [3.63, 3.8) is 0 Å². The standard InChI is InChI=1S/C137H147NSi3/c1-13-38-111(39-14-1)137(112-40-15-2-16-41-112,113-42-17-3-18-43-113)114-84-72-104(73-85-114)109-82-96-134-132(98-109)133-99-110(105-80-92-127(93-81-105)141(122-56-31-10-32-57-122,123-58-33-11-34-59-123)124-60-35-12-36-61-124)83-97-135(133)138(134)115-86-74-106(75-87-115)128-94-95-131(130-63-37-62-129(128)130)136(107-68-64-100(65-69-107)102-76-88-125(89-77-102)139(116-44-19-4-20-45-116,117-46-21-5-22-47-117)118-48-23-6-24-49-118)108-70-66-101(67-71-108)103-78-90-126(91-79-103)140(119-50-25-7-26-51-119,120-52-27-8-28-53-120)121-54-29-9-30-55-121/h1-8,10-17,19-28,31-35,38-40,44-53,56-60,66-67,70-71,74,76-77,80-82,86,88-89,92-96,98,100,103-104,106-107,110,112-115,121,126,129-130,133,135-136H,9,18,29-30,36-37,41-43,54-55,61-65,68-69,72-73,75,78-79,83-85,87,90-91,97,99H2. The summed E-state index contributed by atoms with van der Waals surface area (Å²) in [7, 11) is -7.39. The molecule has 6 fully saturated rings. The molecular weight excluding hydrogens is 1740 g/mol. The van der Waals surface area contributed by atoms with E-state index in [4.69, 9.17) is 0 Å². The highest BCUT2D eigenvalue weighted by atomic mass is 28.3. The summed E-state index contributed by atoms with van der Waals surface area (Å²) in [4.78, 5) is 3.06. The minimum Gasteiger partial charge on any atom is -0.361 e. The average Bonchev–Trinajstić information content (AvgIpc) is 1.48. The van der Waals surface area contributed by atoms with Gasteiger partial charge in [0.15, 0.2) is 16.1 Å². The molecule has 0 radical (unpaired) electrons. The Labute approximate surface area is 847 Å². The average molecular weight is 1890 g/mol. The minimum atomic E-state index is -2.64. The molecule has 12 aromatic rings. The number of benzene rings is 12. The molecule has 1 nitrogen and oxygen atoms in total. The molecule has 0 bridgehead atoms. The van der Waals surface area contributed by atoms with E-state index in [1.807, 2.05) is 0 Å². The molecule has 0 aromatic heterocycles. The number of fused-ring (bicyclic) bond motifs is 4. The Kier molecular flexibility index (Phi) is 27.1. The molecule has 12 aliphatic rings. The normalized spacial score (nSPS) is 27.0. The second-order valence-electron chi connectivity index (χ2n) is 45.5. The SMILES string of the molecule is C1=CCCC([Si](c2ccccc2)(c2ccccc2)c2ccc(C3CCC4C(C3)c3cc(C5CCC(C(c6ccccc6)(C6C=CC=CC6)C6CC=CCC6)CC5)ccc3N4C3C=CC(C4=CC=C(C(c5ccc(C6CCC([Si](c7ccccc7)(c7ccccc7)C7CCCCC7)CC6)cc5)C5CCC(c6ccc([Si](c7ccccc7)(c7ccccc7)c7ccccc7)cc6)CC5)C5CCCC45)CC3)cc2)=C1. The van der Waals surface area contributed by atoms with Gasteiger partial charge in [0, 0.05) is 35.0 Å². The molecule has 1 heterocycles. The van der Waals surface area contributed by atoms with Crippen molar-refractivity contribution in [1.82, 2.24) is 0 Å². The first kappa shape index (κ1) is 92.4. The predicted octanol–water partition coefficient (Wildman–Crippen LogP) is 29.3. The second kappa shape index (κ2) is 41.4. The molecule has 4 heteroatoms. The molecule has 6 saturated carbocycles. The maximum absolute atomic E-state index is 3.06. The Hall–Kier alpha value is -11.0. The number of rotatable bonds is 25. The third kappa shape index (κ3) is 17.2. The summed E-state index contributed by atoms with van der Waals surface area (Å²) in [6.07, 6.45) is 72.8. The van der Waals surface area contributed by atoms with E-state index in [1.165, 1.54) is 222 Å². The van der Waals surface area contributed by atoms with Crippen LogP contribution in [0.3, 0.4) is 0 Å². The van der Waals surface area contributed by atoms with Crippen molar-refractivity contribution in [2.45, 2.75) is 263 Å². The van der Waals surface area contributed by atoms with Gasteiger partial charge in [0.1, 0.15) is 8.07 Å². The van der Waals surface area contributed by atoms with Gasteiger partial charge < -0.3 is 4.90 Å². The molecule has 11 atom stereocenters. The molecular formula is C137H147NSi3. The van der Waals surface area contributed by atoms with Crippen LogP contribution in [0, 0.1) is 41.4 Å². The van der Waals surface area contributed by atoms with E-state index in [0.717, 1.165) is 30.3 Å². The minimum absolute atomic E-state index is 0.119. The van der Waals surface area contributed by atoms with Crippen molar-refractivity contribution in [3.05, 3.63) is 468 Å². The molecule has 11 aliphatic carbocycles. The molecule has 0 spiro atoms. The fourth-order valence-corrected chi connectivity index (χ4v) is 49.7. The van der Waals surface area contributed by atoms with E-state index >= 15 is 0 Å². The van der Waals surface area contributed by atoms with Crippen molar-refractivity contribution >= 4 is 76.6 Å². The Bertz CT molecular complexity index is 6310. The van der Waals surface area contributed by atoms with E-state index < -0.39 is 24.2 Å². The topological polar surface area (TPSA) is 3.24 Å². The zero-order valence-corrected chi connectivity index (χ0v) is 86.4. The summed E-state index contributed by atoms with van der Waals surface area (Å²) in [6.45, 7) is 0. The molecule has 11 unspecified atom stereocenters. The van der Waals surface area contributed by atoms with Crippen LogP contribution in [-0.4, -0.2) is 36.3 Å². The molecule has 141 heavy (non-hydrogen) atoms. The van der Waals surface area contributed by atoms with E-state index in [9.17, 15) is 0 Å². The smallest absolute Gasteiger partial charge is 0.179 e. The molecule has 24 rings (SSSR count). The molecule has 1 aliphatic heterocycles. The number of hydrogen-bond donors (Lipinski definition) is 0. The summed E-state index contributed by atoms with van der Waals surface area (Å²) in [5.74, 6) is 7.21. The maximum Gasteiger partial charge on any atom is 0.179 e. The largest absolute Gasteiger partial charge is 0.361 e. The van der Waals surface area contributed by atoms with Crippen molar-refractivity contribution in [2.24, 2.45) is 41.4 Å². The van der Waals surface area contributed by atoms with Gasteiger partial charge in [-0.15, -0.1) is 0 Å². The van der Waals surface area contributed by atoms with Crippen molar-refractivity contribution in [1.29, 1.82) is 0 Å². The van der Waals surface area contributed by atoms with Crippen molar-refractivity contribution in [2.75, 3.05) is 4.90 Å². The summed E-state index contributed by atoms with van der Waals surface area (Å²) >= 11 is 0. The highest BCUT2D eigenvalue weighted by Gasteiger charge is 2.56. The van der Waals surface area contributed by atoms with E-state index in [1.54, 1.807) is 65.8 Å². The zero-order chi connectivity index (χ0) is 93.9. The Morgan fingerprint density at radius 1 is 0.312 bits per heavy atom. The van der Waals surface area contributed by atoms with Crippen LogP contribution in [0.1, 0.15) is 273 Å². The lowest BCUT2D eigenvalue weighted by Gasteiger charge is -2.54. The molecule has 12 aromatic carbocycles. The van der Waals surface area contributed by atoms with Gasteiger partial charge in [-0.25, -0.2) is 0 Å². The molecule has 712 valence electrons. The quantitative estimate of drug-likeness (QED) is 0.0313. The summed E-state index contributed by atoms with van der Waals surface area (Å²) < 4.78 is 0. The van der Waals surface area contributed by atoms with Crippen LogP contribution in [0.25, 0.3) is 0 Å². The van der Waals surface area contributed by atoms with Crippen molar-refractivity contribution in [3.8, 4) is 0 Å². The predicted molar refractivity (Wildman–Crippen MR) is 604 cm³/mol. The Morgan fingerprint density at radius 3 is 1.36 bits per heavy atom. The highest BCUT2D eigenvalue weighted by Crippen LogP contribution is 2.62. The van der Waals surface area contributed by atoms with Crippen LogP contribution < -0.4 is 51.6 Å². The van der Waals surface area contributed by atoms with Gasteiger partial charge in [-0.2, -0.15) is 0 Å². The van der Waals surface area contributed by atoms with Crippen LogP contribution in [0.15, 0.2) is 429 Å². The Morgan fingerprint density at radius 2 is 0.816 bits per heavy atom. The van der Waals surface area contributed by atoms with E-state index in [0.29, 0.717) is 89.0 Å². The van der Waals surface area contributed by atoms with Crippen LogP contribution in [-0.2, 0) is 5.41 Å². The van der Waals surface area contributed by atoms with Crippen LogP contribution in [0.4, 0.5) is 5.69 Å². The molecule has 0 amide bonds. The fourth-order valence-electron chi connectivity index (χ4n) is 33.0. The summed E-state index contributed by atoms with van der Waals surface area (Å²) in [5.41, 5.74) is 18.0. The lowest BCUT2D eigenvalue weighted by Crippen LogP contribution is -2.74. The van der Waals surface area contributed by atoms with Gasteiger partial charge in [0.2, 0.25) is 0 Å². The number of anilines is 1. The van der Waals surface area contributed by atoms with Gasteiger partial charge in [-0.05, 0) is 305 Å². The highest BCUT2D eigenvalue weighted by molar-refractivity contribution is 7.20. The third-order valence-corrected chi connectivity index (χ3v) is 55.3. The van der Waals surface area contributed by atoms with Gasteiger partial charge in [0.05, 0.1) is 0 Å². The lowest BCUT2D eigenvalue weighted by atomic mass is 9.50. The lowest BCUT2D eigenvalue weighted by molar-refractivity contribution is 0.0720. The Balaban J connectivity index is 0.535. The van der Waals surface area contributed by atoms with E-state index in [-0.39, 0.29) is 5.41 Å². The fraction of sp³-hybridized carbons (Fsp3) is 0.358. The first-order valence-electron chi connectivity index (χ1n) is 56.0. The number of hydrogen-bond acceptors (Lipinski definition) is 1. The second-order valence-corrected chi connectivity index (χ2v) is 57.7. The van der Waals surface area contributed by atoms with Gasteiger partial charge in [-0.3, -0.25) is 0 Å². The van der Waals surface area contributed by atoms with Crippen LogP contribution >= 0.6 is 0 Å². The first-order valence-corrected chi connectivity index (χ1v) is 62.2. The van der Waals surface area contributed by atoms with Crippen LogP contribution in [0.2, 0.25) is 11.1 Å². The first-order chi connectivity index (χ1) is 69.9. The van der Waals surface area contributed by atoms with Crippen LogP contribution in [0.5, 0.6) is 0 Å². The summed E-state index contributed by atoms with van der Waals surface area (Å²) in [5, 5.41) is 15.3. The van der Waals surface area contributed by atoms with Gasteiger partial charge in [-0.1, -0.05) is 485 Å². The number of allylic oxidation sites excluding steroid dienone is 15. The molecule has 0 saturated heterocycles. The van der Waals surface area contributed by atoms with Crippen molar-refractivity contribution < 1.29 is 0 Å². The maximum atomic E-state index is 3.06. The van der Waals surface area contributed by atoms with Gasteiger partial charge in [0.25, 0.3) is 0 Å².